The summed E-state index contributed by atoms with van der Waals surface area (Å²) in [7, 11) is 1.66. The number of carbonyl (C=O) groups is 1. The second-order valence-corrected chi connectivity index (χ2v) is 7.09. The van der Waals surface area contributed by atoms with Crippen molar-refractivity contribution in [1.29, 1.82) is 0 Å². The first-order chi connectivity index (χ1) is 12.2. The summed E-state index contributed by atoms with van der Waals surface area (Å²) in [6.07, 6.45) is 6.65. The van der Waals surface area contributed by atoms with Crippen LogP contribution < -0.4 is 4.74 Å². The van der Waals surface area contributed by atoms with Crippen molar-refractivity contribution in [2.75, 3.05) is 13.7 Å². The van der Waals surface area contributed by atoms with Crippen molar-refractivity contribution in [2.45, 2.75) is 50.5 Å². The summed E-state index contributed by atoms with van der Waals surface area (Å²) in [5.41, 5.74) is 3.20. The summed E-state index contributed by atoms with van der Waals surface area (Å²) >= 11 is 0. The molecule has 1 atom stereocenters. The van der Waals surface area contributed by atoms with Crippen LogP contribution >= 0.6 is 0 Å². The molecule has 1 aromatic carbocycles. The molecule has 1 fully saturated rings. The number of aromatic amines is 1. The van der Waals surface area contributed by atoms with E-state index in [0.717, 1.165) is 55.7 Å². The molecule has 2 aliphatic rings. The fourth-order valence-electron chi connectivity index (χ4n) is 4.39. The molecule has 5 heteroatoms. The van der Waals surface area contributed by atoms with Crippen LogP contribution in [0.25, 0.3) is 0 Å². The highest BCUT2D eigenvalue weighted by molar-refractivity contribution is 5.85. The maximum absolute atomic E-state index is 13.5. The number of fused-ring (bicyclic) bond motifs is 2. The predicted octanol–water partition coefficient (Wildman–Crippen LogP) is 3.38. The van der Waals surface area contributed by atoms with E-state index in [0.29, 0.717) is 0 Å². The Labute approximate surface area is 148 Å². The minimum atomic E-state index is -0.176. The van der Waals surface area contributed by atoms with Gasteiger partial charge in [0.25, 0.3) is 0 Å². The number of nitrogens with one attached hydrogen (secondary N) is 1. The summed E-state index contributed by atoms with van der Waals surface area (Å²) < 4.78 is 5.24. The quantitative estimate of drug-likeness (QED) is 0.929. The van der Waals surface area contributed by atoms with Gasteiger partial charge < -0.3 is 14.6 Å². The lowest BCUT2D eigenvalue weighted by molar-refractivity contribution is -0.145. The highest BCUT2D eigenvalue weighted by atomic mass is 16.5. The minimum Gasteiger partial charge on any atom is -0.497 e. The van der Waals surface area contributed by atoms with E-state index in [2.05, 4.69) is 21.8 Å². The van der Waals surface area contributed by atoms with Crippen molar-refractivity contribution < 1.29 is 9.53 Å². The Morgan fingerprint density at radius 2 is 2.12 bits per heavy atom. The Morgan fingerprint density at radius 3 is 2.72 bits per heavy atom. The minimum absolute atomic E-state index is 0.108. The second-order valence-electron chi connectivity index (χ2n) is 7.09. The average molecular weight is 339 g/mol. The lowest BCUT2D eigenvalue weighted by Crippen LogP contribution is -2.58. The Morgan fingerprint density at radius 1 is 1.36 bits per heavy atom. The van der Waals surface area contributed by atoms with Crippen molar-refractivity contribution >= 4 is 5.91 Å². The van der Waals surface area contributed by atoms with Crippen LogP contribution in [-0.2, 0) is 16.8 Å². The summed E-state index contributed by atoms with van der Waals surface area (Å²) in [6.45, 7) is 2.87. The molecular weight excluding hydrogens is 314 g/mol. The van der Waals surface area contributed by atoms with Gasteiger partial charge in [-0.25, -0.2) is 4.98 Å². The lowest BCUT2D eigenvalue weighted by Gasteiger charge is -2.52. The molecule has 1 unspecified atom stereocenters. The summed E-state index contributed by atoms with van der Waals surface area (Å²) in [4.78, 5) is 23.4. The molecule has 1 aliphatic carbocycles. The van der Waals surface area contributed by atoms with Gasteiger partial charge in [0.15, 0.2) is 0 Å². The third-order valence-corrected chi connectivity index (χ3v) is 5.93. The van der Waals surface area contributed by atoms with E-state index in [-0.39, 0.29) is 17.4 Å². The van der Waals surface area contributed by atoms with Crippen molar-refractivity contribution in [3.63, 3.8) is 0 Å². The first kappa shape index (κ1) is 16.2. The molecule has 0 radical (unpaired) electrons. The first-order valence-electron chi connectivity index (χ1n) is 9.18. The zero-order valence-corrected chi connectivity index (χ0v) is 14.9. The molecule has 5 nitrogen and oxygen atoms in total. The van der Waals surface area contributed by atoms with E-state index in [1.54, 1.807) is 13.4 Å². The number of amides is 1. The van der Waals surface area contributed by atoms with Crippen LogP contribution in [0.15, 0.2) is 30.6 Å². The maximum Gasteiger partial charge on any atom is 0.230 e. The molecule has 2 heterocycles. The molecule has 25 heavy (non-hydrogen) atoms. The number of hydrogen-bond acceptors (Lipinski definition) is 3. The van der Waals surface area contributed by atoms with Gasteiger partial charge in [-0.1, -0.05) is 19.1 Å². The van der Waals surface area contributed by atoms with Gasteiger partial charge in [0.2, 0.25) is 5.91 Å². The molecule has 1 amide bonds. The second kappa shape index (κ2) is 6.21. The van der Waals surface area contributed by atoms with Gasteiger partial charge in [-0.2, -0.15) is 0 Å². The Bertz CT molecular complexity index is 762. The van der Waals surface area contributed by atoms with Gasteiger partial charge in [0.1, 0.15) is 5.75 Å². The summed E-state index contributed by atoms with van der Waals surface area (Å²) in [6, 6.07) is 7.91. The smallest absolute Gasteiger partial charge is 0.230 e. The zero-order chi connectivity index (χ0) is 17.4. The van der Waals surface area contributed by atoms with E-state index >= 15 is 0 Å². The number of nitrogens with zero attached hydrogens (tertiary/aromatic N) is 2. The molecule has 1 spiro atoms. The molecule has 4 rings (SSSR count). The number of hydrogen-bond donors (Lipinski definition) is 1. The van der Waals surface area contributed by atoms with Gasteiger partial charge >= 0.3 is 0 Å². The largest absolute Gasteiger partial charge is 0.497 e. The predicted molar refractivity (Wildman–Crippen MR) is 95.6 cm³/mol. The van der Waals surface area contributed by atoms with Crippen LogP contribution in [0.2, 0.25) is 0 Å². The van der Waals surface area contributed by atoms with Gasteiger partial charge in [-0.05, 0) is 43.4 Å². The van der Waals surface area contributed by atoms with Crippen LogP contribution in [0, 0.1) is 0 Å². The van der Waals surface area contributed by atoms with E-state index in [4.69, 9.17) is 4.74 Å². The van der Waals surface area contributed by atoms with Crippen LogP contribution in [0.5, 0.6) is 5.75 Å². The topological polar surface area (TPSA) is 58.2 Å². The fraction of sp³-hybridized carbons (Fsp3) is 0.500. The molecular formula is C20H25N3O2. The van der Waals surface area contributed by atoms with Gasteiger partial charge in [0, 0.05) is 18.7 Å². The third-order valence-electron chi connectivity index (χ3n) is 5.93. The average Bonchev–Trinajstić information content (AvgIpc) is 3.09. The van der Waals surface area contributed by atoms with E-state index in [1.807, 2.05) is 24.3 Å². The number of methoxy groups -OCH3 is 1. The maximum atomic E-state index is 13.5. The van der Waals surface area contributed by atoms with E-state index < -0.39 is 0 Å². The summed E-state index contributed by atoms with van der Waals surface area (Å²) in [5.74, 6) is 0.950. The molecule has 132 valence electrons. The number of benzene rings is 1. The number of carbonyl (C=O) groups excluding carboxylic acids is 1. The van der Waals surface area contributed by atoms with Crippen LogP contribution in [0.1, 0.15) is 55.5 Å². The summed E-state index contributed by atoms with van der Waals surface area (Å²) in [5, 5.41) is 0. The number of H-pyrrole nitrogens is 1. The van der Waals surface area contributed by atoms with Gasteiger partial charge in [0.05, 0.1) is 30.6 Å². The van der Waals surface area contributed by atoms with Crippen molar-refractivity contribution in [3.05, 3.63) is 47.5 Å². The monoisotopic (exact) mass is 339 g/mol. The molecule has 0 bridgehead atoms. The zero-order valence-electron chi connectivity index (χ0n) is 14.9. The number of ether oxygens (including phenoxy) is 1. The molecule has 1 aliphatic heterocycles. The van der Waals surface area contributed by atoms with Crippen LogP contribution in [0.3, 0.4) is 0 Å². The Kier molecular flexibility index (Phi) is 4.02. The molecule has 2 aromatic rings. The molecule has 1 N–H and O–H groups in total. The van der Waals surface area contributed by atoms with E-state index in [1.165, 1.54) is 5.69 Å². The SMILES string of the molecule is CCC(C(=O)N1CCc2[nH]cnc2C12CCC2)c1ccc(OC)cc1. The highest BCUT2D eigenvalue weighted by Crippen LogP contribution is 2.50. The highest BCUT2D eigenvalue weighted by Gasteiger charge is 2.51. The third kappa shape index (κ3) is 2.44. The Balaban J connectivity index is 1.64. The van der Waals surface area contributed by atoms with Crippen molar-refractivity contribution in [2.24, 2.45) is 0 Å². The van der Waals surface area contributed by atoms with Crippen molar-refractivity contribution in [1.82, 2.24) is 14.9 Å². The lowest BCUT2D eigenvalue weighted by atomic mass is 9.69. The normalized spacial score (nSPS) is 19.2. The van der Waals surface area contributed by atoms with Crippen molar-refractivity contribution in [3.8, 4) is 5.75 Å². The molecule has 1 saturated carbocycles. The Hall–Kier alpha value is -2.30. The number of aromatic nitrogens is 2. The van der Waals surface area contributed by atoms with Gasteiger partial charge in [-0.3, -0.25) is 4.79 Å². The number of rotatable bonds is 4. The first-order valence-corrected chi connectivity index (χ1v) is 9.18. The van der Waals surface area contributed by atoms with Crippen LogP contribution in [0.4, 0.5) is 0 Å². The fourth-order valence-corrected chi connectivity index (χ4v) is 4.39. The van der Waals surface area contributed by atoms with E-state index in [9.17, 15) is 4.79 Å². The van der Waals surface area contributed by atoms with Crippen LogP contribution in [-0.4, -0.2) is 34.4 Å². The standard InChI is InChI=1S/C20H25N3O2/c1-3-16(14-5-7-15(25-2)8-6-14)19(24)23-12-9-17-18(22-13-21-17)20(23)10-4-11-20/h5-8,13,16H,3-4,9-12H2,1-2H3,(H,21,22). The molecule has 0 saturated heterocycles. The number of imidazole rings is 1. The van der Waals surface area contributed by atoms with Gasteiger partial charge in [-0.15, -0.1) is 0 Å². The molecule has 1 aromatic heterocycles.